The van der Waals surface area contributed by atoms with Gasteiger partial charge in [-0.2, -0.15) is 5.26 Å². The van der Waals surface area contributed by atoms with Crippen LogP contribution in [0.1, 0.15) is 11.1 Å². The van der Waals surface area contributed by atoms with Crippen LogP contribution in [-0.4, -0.2) is 16.7 Å². The van der Waals surface area contributed by atoms with Crippen LogP contribution in [0.5, 0.6) is 5.75 Å². The summed E-state index contributed by atoms with van der Waals surface area (Å²) in [5, 5.41) is 10.3. The normalized spacial score (nSPS) is 10.6. The van der Waals surface area contributed by atoms with Gasteiger partial charge in [0, 0.05) is 5.75 Å². The summed E-state index contributed by atoms with van der Waals surface area (Å²) in [6.07, 6.45) is 0. The molecule has 3 aromatic carbocycles. The van der Waals surface area contributed by atoms with Crippen LogP contribution in [0.2, 0.25) is 0 Å². The number of thioether (sulfide) groups is 1. The predicted molar refractivity (Wildman–Crippen MR) is 115 cm³/mol. The summed E-state index contributed by atoms with van der Waals surface area (Å²) in [5.74, 6) is 1.31. The maximum absolute atomic E-state index is 13.3. The van der Waals surface area contributed by atoms with Gasteiger partial charge in [-0.15, -0.1) is 0 Å². The van der Waals surface area contributed by atoms with Gasteiger partial charge in [-0.05, 0) is 54.1 Å². The number of hydrogen-bond donors (Lipinski definition) is 0. The van der Waals surface area contributed by atoms with Crippen molar-refractivity contribution in [2.75, 3.05) is 7.11 Å². The van der Waals surface area contributed by atoms with Crippen molar-refractivity contribution in [3.63, 3.8) is 0 Å². The number of fused-ring (bicyclic) bond motifs is 1. The lowest BCUT2D eigenvalue weighted by Gasteiger charge is -2.13. The Labute approximate surface area is 172 Å². The summed E-state index contributed by atoms with van der Waals surface area (Å²) in [6.45, 7) is 0. The van der Waals surface area contributed by atoms with Gasteiger partial charge in [0.2, 0.25) is 0 Å². The van der Waals surface area contributed by atoms with Crippen molar-refractivity contribution in [2.45, 2.75) is 10.9 Å². The molecule has 0 amide bonds. The van der Waals surface area contributed by atoms with E-state index in [1.807, 2.05) is 60.7 Å². The van der Waals surface area contributed by atoms with Crippen molar-refractivity contribution >= 4 is 22.7 Å². The minimum absolute atomic E-state index is 0.117. The average Bonchev–Trinajstić information content (AvgIpc) is 2.78. The largest absolute Gasteiger partial charge is 0.497 e. The van der Waals surface area contributed by atoms with Crippen molar-refractivity contribution in [3.05, 3.63) is 94.3 Å². The van der Waals surface area contributed by atoms with Crippen molar-refractivity contribution in [3.8, 4) is 17.5 Å². The Kier molecular flexibility index (Phi) is 5.32. The number of hydrogen-bond acceptors (Lipinski definition) is 5. The van der Waals surface area contributed by atoms with E-state index >= 15 is 0 Å². The standard InChI is InChI=1S/C23H17N3O2S/c1-28-19-11-9-18(10-12-19)26-22(27)20-7-2-3-8-21(20)25-23(26)29-15-17-6-4-5-16(13-17)14-24/h2-13H,15H2,1H3. The zero-order valence-corrected chi connectivity index (χ0v) is 16.5. The monoisotopic (exact) mass is 399 g/mol. The molecule has 5 nitrogen and oxygen atoms in total. The third-order valence-corrected chi connectivity index (χ3v) is 5.51. The van der Waals surface area contributed by atoms with E-state index < -0.39 is 0 Å². The lowest BCUT2D eigenvalue weighted by Crippen LogP contribution is -2.21. The number of rotatable bonds is 5. The summed E-state index contributed by atoms with van der Waals surface area (Å²) >= 11 is 1.46. The first kappa shape index (κ1) is 18.8. The molecule has 0 aliphatic rings. The lowest BCUT2D eigenvalue weighted by atomic mass is 10.2. The highest BCUT2D eigenvalue weighted by Gasteiger charge is 2.13. The van der Waals surface area contributed by atoms with E-state index in [4.69, 9.17) is 15.0 Å². The molecule has 4 aromatic rings. The maximum Gasteiger partial charge on any atom is 0.266 e. The van der Waals surface area contributed by atoms with Crippen molar-refractivity contribution in [2.24, 2.45) is 0 Å². The van der Waals surface area contributed by atoms with Crippen LogP contribution in [-0.2, 0) is 5.75 Å². The van der Waals surface area contributed by atoms with Crippen molar-refractivity contribution < 1.29 is 4.74 Å². The molecule has 0 saturated carbocycles. The van der Waals surface area contributed by atoms with Gasteiger partial charge in [0.1, 0.15) is 5.75 Å². The van der Waals surface area contributed by atoms with E-state index in [0.717, 1.165) is 17.0 Å². The Morgan fingerprint density at radius 1 is 1.07 bits per heavy atom. The Bertz CT molecular complexity index is 1270. The number of nitriles is 1. The number of aromatic nitrogens is 2. The molecule has 0 bridgehead atoms. The molecule has 0 spiro atoms. The fourth-order valence-electron chi connectivity index (χ4n) is 3.05. The molecule has 0 saturated heterocycles. The van der Waals surface area contributed by atoms with Crippen LogP contribution in [0.3, 0.4) is 0 Å². The van der Waals surface area contributed by atoms with E-state index in [9.17, 15) is 4.79 Å². The van der Waals surface area contributed by atoms with E-state index in [1.54, 1.807) is 23.8 Å². The number of nitrogens with zero attached hydrogens (tertiary/aromatic N) is 3. The second kappa shape index (κ2) is 8.21. The molecule has 0 radical (unpaired) electrons. The molecular formula is C23H17N3O2S. The van der Waals surface area contributed by atoms with Gasteiger partial charge < -0.3 is 4.74 Å². The van der Waals surface area contributed by atoms with Crippen LogP contribution >= 0.6 is 11.8 Å². The van der Waals surface area contributed by atoms with Crippen molar-refractivity contribution in [1.29, 1.82) is 5.26 Å². The zero-order chi connectivity index (χ0) is 20.2. The first-order chi connectivity index (χ1) is 14.2. The lowest BCUT2D eigenvalue weighted by molar-refractivity contribution is 0.414. The van der Waals surface area contributed by atoms with E-state index in [-0.39, 0.29) is 5.56 Å². The first-order valence-electron chi connectivity index (χ1n) is 8.97. The van der Waals surface area contributed by atoms with Gasteiger partial charge in [-0.25, -0.2) is 4.98 Å². The minimum atomic E-state index is -0.117. The summed E-state index contributed by atoms with van der Waals surface area (Å²) < 4.78 is 6.85. The smallest absolute Gasteiger partial charge is 0.266 e. The van der Waals surface area contributed by atoms with Gasteiger partial charge in [0.05, 0.1) is 35.3 Å². The highest BCUT2D eigenvalue weighted by atomic mass is 32.2. The van der Waals surface area contributed by atoms with Crippen LogP contribution in [0.25, 0.3) is 16.6 Å². The fourth-order valence-corrected chi connectivity index (χ4v) is 4.00. The van der Waals surface area contributed by atoms with Crippen LogP contribution < -0.4 is 10.3 Å². The number of methoxy groups -OCH3 is 1. The molecule has 29 heavy (non-hydrogen) atoms. The summed E-state index contributed by atoms with van der Waals surface area (Å²) in [5.41, 5.74) is 2.88. The minimum Gasteiger partial charge on any atom is -0.497 e. The van der Waals surface area contributed by atoms with E-state index in [0.29, 0.717) is 27.4 Å². The zero-order valence-electron chi connectivity index (χ0n) is 15.7. The molecule has 0 aliphatic carbocycles. The molecule has 0 atom stereocenters. The Balaban J connectivity index is 1.80. The highest BCUT2D eigenvalue weighted by Crippen LogP contribution is 2.25. The number of ether oxygens (including phenoxy) is 1. The number of para-hydroxylation sites is 1. The molecule has 0 N–H and O–H groups in total. The quantitative estimate of drug-likeness (QED) is 0.364. The fraction of sp³-hybridized carbons (Fsp3) is 0.0870. The highest BCUT2D eigenvalue weighted by molar-refractivity contribution is 7.98. The molecule has 142 valence electrons. The van der Waals surface area contributed by atoms with Crippen LogP contribution in [0, 0.1) is 11.3 Å². The summed E-state index contributed by atoms with van der Waals surface area (Å²) in [7, 11) is 1.61. The molecule has 1 heterocycles. The van der Waals surface area contributed by atoms with E-state index in [1.165, 1.54) is 11.8 Å². The van der Waals surface area contributed by atoms with Gasteiger partial charge in [0.15, 0.2) is 5.16 Å². The van der Waals surface area contributed by atoms with Crippen LogP contribution in [0.4, 0.5) is 0 Å². The average molecular weight is 399 g/mol. The molecule has 6 heteroatoms. The van der Waals surface area contributed by atoms with Crippen molar-refractivity contribution in [1.82, 2.24) is 9.55 Å². The predicted octanol–water partition coefficient (Wildman–Crippen LogP) is 4.56. The Morgan fingerprint density at radius 3 is 2.62 bits per heavy atom. The third kappa shape index (κ3) is 3.86. The van der Waals surface area contributed by atoms with Gasteiger partial charge in [-0.3, -0.25) is 9.36 Å². The van der Waals surface area contributed by atoms with E-state index in [2.05, 4.69) is 6.07 Å². The number of benzene rings is 3. The molecular weight excluding hydrogens is 382 g/mol. The Hall–Kier alpha value is -3.56. The topological polar surface area (TPSA) is 67.9 Å². The molecule has 0 fully saturated rings. The second-order valence-electron chi connectivity index (χ2n) is 6.35. The molecule has 1 aromatic heterocycles. The molecule has 0 aliphatic heterocycles. The molecule has 4 rings (SSSR count). The van der Waals surface area contributed by atoms with Gasteiger partial charge >= 0.3 is 0 Å². The summed E-state index contributed by atoms with van der Waals surface area (Å²) in [6, 6.07) is 24.3. The van der Waals surface area contributed by atoms with Gasteiger partial charge in [-0.1, -0.05) is 36.0 Å². The van der Waals surface area contributed by atoms with Gasteiger partial charge in [0.25, 0.3) is 5.56 Å². The van der Waals surface area contributed by atoms with Crippen LogP contribution in [0.15, 0.2) is 82.7 Å². The maximum atomic E-state index is 13.3. The SMILES string of the molecule is COc1ccc(-n2c(SCc3cccc(C#N)c3)nc3ccccc3c2=O)cc1. The Morgan fingerprint density at radius 2 is 1.86 bits per heavy atom. The molecule has 0 unspecified atom stereocenters. The second-order valence-corrected chi connectivity index (χ2v) is 7.29. The third-order valence-electron chi connectivity index (χ3n) is 4.50. The first-order valence-corrected chi connectivity index (χ1v) is 9.96. The summed E-state index contributed by atoms with van der Waals surface area (Å²) in [4.78, 5) is 18.0.